The van der Waals surface area contributed by atoms with Crippen molar-refractivity contribution in [3.05, 3.63) is 16.3 Å². The number of ether oxygens (including phenoxy) is 1. The molecule has 0 unspecified atom stereocenters. The quantitative estimate of drug-likeness (QED) is 0.338. The first kappa shape index (κ1) is 14.2. The van der Waals surface area contributed by atoms with Crippen molar-refractivity contribution >= 4 is 85.9 Å². The van der Waals surface area contributed by atoms with Crippen molar-refractivity contribution in [2.24, 2.45) is 0 Å². The standard InChI is InChI=1S/C8H4I3NO4/c9-3-2(8(14)15)4(10)7(16-1-13)5(11)6(3)12/h1H,12H2,(H,14,15). The molecule has 0 atom stereocenters. The molecule has 0 spiro atoms. The van der Waals surface area contributed by atoms with E-state index in [1.807, 2.05) is 67.8 Å². The van der Waals surface area contributed by atoms with Gasteiger partial charge < -0.3 is 15.6 Å². The van der Waals surface area contributed by atoms with Gasteiger partial charge in [-0.3, -0.25) is 4.79 Å². The van der Waals surface area contributed by atoms with Crippen molar-refractivity contribution in [2.75, 3.05) is 5.73 Å². The SMILES string of the molecule is Nc1c(I)c(OC=O)c(I)c(C(=O)O)c1I. The van der Waals surface area contributed by atoms with E-state index in [1.165, 1.54) is 0 Å². The Morgan fingerprint density at radius 1 is 1.25 bits per heavy atom. The van der Waals surface area contributed by atoms with Crippen LogP contribution in [0.15, 0.2) is 0 Å². The Bertz CT molecular complexity index is 475. The number of rotatable bonds is 3. The van der Waals surface area contributed by atoms with Crippen molar-refractivity contribution < 1.29 is 19.4 Å². The van der Waals surface area contributed by atoms with Gasteiger partial charge in [0, 0.05) is 0 Å². The molecule has 0 fully saturated rings. The maximum absolute atomic E-state index is 11.1. The highest BCUT2D eigenvalue weighted by molar-refractivity contribution is 14.1. The molecule has 0 saturated carbocycles. The summed E-state index contributed by atoms with van der Waals surface area (Å²) in [6, 6.07) is 0. The monoisotopic (exact) mass is 559 g/mol. The fraction of sp³-hybridized carbons (Fsp3) is 0. The minimum atomic E-state index is -1.10. The summed E-state index contributed by atoms with van der Waals surface area (Å²) in [4.78, 5) is 21.4. The Morgan fingerprint density at radius 2 is 1.81 bits per heavy atom. The van der Waals surface area contributed by atoms with Crippen LogP contribution in [0.5, 0.6) is 5.75 Å². The van der Waals surface area contributed by atoms with Gasteiger partial charge in [0.05, 0.1) is 22.0 Å². The summed E-state index contributed by atoms with van der Waals surface area (Å²) in [5, 5.41) is 9.04. The summed E-state index contributed by atoms with van der Waals surface area (Å²) < 4.78 is 6.09. The molecule has 0 aliphatic heterocycles. The maximum Gasteiger partial charge on any atom is 0.338 e. The van der Waals surface area contributed by atoms with Crippen LogP contribution in [0, 0.1) is 10.7 Å². The first-order valence-corrected chi connectivity index (χ1v) is 6.95. The lowest BCUT2D eigenvalue weighted by Gasteiger charge is -2.12. The summed E-state index contributed by atoms with van der Waals surface area (Å²) in [7, 11) is 0. The minimum absolute atomic E-state index is 0.0518. The lowest BCUT2D eigenvalue weighted by molar-refractivity contribution is -0.120. The normalized spacial score (nSPS) is 9.94. The van der Waals surface area contributed by atoms with E-state index in [4.69, 9.17) is 15.6 Å². The molecule has 0 amide bonds. The zero-order valence-corrected chi connectivity index (χ0v) is 13.9. The number of nitrogen functional groups attached to an aromatic ring is 1. The first-order chi connectivity index (χ1) is 7.41. The number of halogens is 3. The van der Waals surface area contributed by atoms with E-state index in [2.05, 4.69) is 0 Å². The third kappa shape index (κ3) is 2.52. The predicted molar refractivity (Wildman–Crippen MR) is 82.7 cm³/mol. The average molecular weight is 559 g/mol. The Hall–Kier alpha value is 0.150. The van der Waals surface area contributed by atoms with Gasteiger partial charge in [0.25, 0.3) is 6.47 Å². The van der Waals surface area contributed by atoms with Crippen LogP contribution >= 0.6 is 67.8 Å². The molecule has 0 bridgehead atoms. The van der Waals surface area contributed by atoms with E-state index in [9.17, 15) is 9.59 Å². The second-order valence-electron chi connectivity index (χ2n) is 2.58. The number of hydrogen-bond acceptors (Lipinski definition) is 4. The average Bonchev–Trinajstić information content (AvgIpc) is 2.21. The van der Waals surface area contributed by atoms with Gasteiger partial charge in [-0.15, -0.1) is 0 Å². The number of carboxylic acid groups (broad SMARTS) is 1. The molecule has 1 aromatic rings. The number of nitrogens with two attached hydrogens (primary N) is 1. The van der Waals surface area contributed by atoms with Gasteiger partial charge in [-0.1, -0.05) is 0 Å². The molecule has 3 N–H and O–H groups in total. The van der Waals surface area contributed by atoms with Gasteiger partial charge in [0.15, 0.2) is 5.75 Å². The number of hydrogen-bond donors (Lipinski definition) is 2. The van der Waals surface area contributed by atoms with E-state index in [0.717, 1.165) is 0 Å². The van der Waals surface area contributed by atoms with Crippen LogP contribution in [0.2, 0.25) is 0 Å². The van der Waals surface area contributed by atoms with Crippen molar-refractivity contribution in [2.45, 2.75) is 0 Å². The summed E-state index contributed by atoms with van der Waals surface area (Å²) in [6.45, 7) is 0.248. The Morgan fingerprint density at radius 3 is 2.25 bits per heavy atom. The highest BCUT2D eigenvalue weighted by Gasteiger charge is 2.23. The van der Waals surface area contributed by atoms with E-state index < -0.39 is 5.97 Å². The lowest BCUT2D eigenvalue weighted by atomic mass is 10.2. The molecular formula is C8H4I3NO4. The molecule has 16 heavy (non-hydrogen) atoms. The summed E-state index contributed by atoms with van der Waals surface area (Å²) in [6.07, 6.45) is 0. The molecule has 1 aromatic carbocycles. The van der Waals surface area contributed by atoms with Gasteiger partial charge in [0.1, 0.15) is 0 Å². The van der Waals surface area contributed by atoms with Crippen molar-refractivity contribution in [3.8, 4) is 5.75 Å². The number of carbonyl (C=O) groups is 2. The third-order valence-electron chi connectivity index (χ3n) is 1.69. The molecule has 1 rings (SSSR count). The fourth-order valence-corrected chi connectivity index (χ4v) is 4.88. The van der Waals surface area contributed by atoms with Crippen molar-refractivity contribution in [3.63, 3.8) is 0 Å². The number of aromatic carboxylic acids is 1. The zero-order chi connectivity index (χ0) is 12.5. The van der Waals surface area contributed by atoms with Gasteiger partial charge >= 0.3 is 5.97 Å². The molecule has 0 radical (unpaired) electrons. The Kier molecular flexibility index (Phi) is 5.03. The zero-order valence-electron chi connectivity index (χ0n) is 7.46. The molecule has 0 aliphatic rings. The van der Waals surface area contributed by atoms with E-state index in [-0.39, 0.29) is 17.8 Å². The topological polar surface area (TPSA) is 89.6 Å². The fourth-order valence-electron chi connectivity index (χ4n) is 0.999. The second kappa shape index (κ2) is 5.66. The summed E-state index contributed by atoms with van der Waals surface area (Å²) in [5.41, 5.74) is 6.10. The molecule has 0 heterocycles. The molecule has 0 saturated heterocycles. The summed E-state index contributed by atoms with van der Waals surface area (Å²) in [5.74, 6) is -0.917. The van der Waals surface area contributed by atoms with Crippen LogP contribution in [0.1, 0.15) is 10.4 Å². The highest BCUT2D eigenvalue weighted by atomic mass is 127. The van der Waals surface area contributed by atoms with Crippen LogP contribution in [-0.2, 0) is 4.79 Å². The van der Waals surface area contributed by atoms with Crippen LogP contribution in [0.25, 0.3) is 0 Å². The van der Waals surface area contributed by atoms with Gasteiger partial charge in [-0.2, -0.15) is 0 Å². The van der Waals surface area contributed by atoms with Crippen LogP contribution in [0.3, 0.4) is 0 Å². The smallest absolute Gasteiger partial charge is 0.338 e. The number of anilines is 1. The number of carboxylic acids is 1. The molecule has 0 aromatic heterocycles. The third-order valence-corrected chi connectivity index (χ3v) is 4.91. The molecule has 86 valence electrons. The molecular weight excluding hydrogens is 555 g/mol. The van der Waals surface area contributed by atoms with E-state index in [0.29, 0.717) is 16.4 Å². The van der Waals surface area contributed by atoms with Crippen molar-refractivity contribution in [1.82, 2.24) is 0 Å². The number of benzene rings is 1. The molecule has 5 nitrogen and oxygen atoms in total. The Labute approximate surface area is 132 Å². The van der Waals surface area contributed by atoms with Crippen molar-refractivity contribution in [1.29, 1.82) is 0 Å². The largest absolute Gasteiger partial charge is 0.478 e. The second-order valence-corrected chi connectivity index (χ2v) is 5.82. The summed E-state index contributed by atoms with van der Waals surface area (Å²) >= 11 is 5.58. The van der Waals surface area contributed by atoms with Crippen LogP contribution in [-0.4, -0.2) is 17.5 Å². The molecule has 8 heteroatoms. The molecule has 0 aliphatic carbocycles. The minimum Gasteiger partial charge on any atom is -0.478 e. The number of carbonyl (C=O) groups excluding carboxylic acids is 1. The first-order valence-electron chi connectivity index (χ1n) is 3.71. The van der Waals surface area contributed by atoms with Crippen LogP contribution in [0.4, 0.5) is 5.69 Å². The van der Waals surface area contributed by atoms with E-state index >= 15 is 0 Å². The van der Waals surface area contributed by atoms with Gasteiger partial charge in [0.2, 0.25) is 0 Å². The Balaban J connectivity index is 3.65. The lowest BCUT2D eigenvalue weighted by Crippen LogP contribution is -2.10. The van der Waals surface area contributed by atoms with Gasteiger partial charge in [-0.25, -0.2) is 4.79 Å². The van der Waals surface area contributed by atoms with E-state index in [1.54, 1.807) is 0 Å². The maximum atomic E-state index is 11.1. The van der Waals surface area contributed by atoms with Crippen LogP contribution < -0.4 is 10.5 Å². The predicted octanol–water partition coefficient (Wildman–Crippen LogP) is 2.32. The highest BCUT2D eigenvalue weighted by Crippen LogP contribution is 2.38. The van der Waals surface area contributed by atoms with Gasteiger partial charge in [-0.05, 0) is 67.8 Å².